The molecular formula is C12H12BrN3OS. The molecule has 1 aliphatic rings. The van der Waals surface area contributed by atoms with Gasteiger partial charge in [-0.1, -0.05) is 0 Å². The van der Waals surface area contributed by atoms with E-state index in [1.165, 1.54) is 11.3 Å². The highest BCUT2D eigenvalue weighted by atomic mass is 79.9. The molecule has 94 valence electrons. The number of pyridine rings is 1. The average molecular weight is 326 g/mol. The minimum Gasteiger partial charge on any atom is -0.349 e. The van der Waals surface area contributed by atoms with E-state index in [4.69, 9.17) is 5.73 Å². The summed E-state index contributed by atoms with van der Waals surface area (Å²) < 4.78 is 1.96. The zero-order valence-corrected chi connectivity index (χ0v) is 12.0. The minimum atomic E-state index is -0.158. The maximum absolute atomic E-state index is 12.0. The fourth-order valence-electron chi connectivity index (χ4n) is 1.72. The zero-order chi connectivity index (χ0) is 12.8. The normalized spacial score (nSPS) is 16.8. The molecule has 1 amide bonds. The molecule has 2 heterocycles. The number of amides is 1. The summed E-state index contributed by atoms with van der Waals surface area (Å²) in [6.07, 6.45) is 5.49. The van der Waals surface area contributed by atoms with Gasteiger partial charge < -0.3 is 11.1 Å². The van der Waals surface area contributed by atoms with Crippen LogP contribution in [0.4, 0.5) is 0 Å². The molecule has 4 nitrogen and oxygen atoms in total. The number of carbonyl (C=O) groups is 1. The van der Waals surface area contributed by atoms with Crippen LogP contribution in [0.5, 0.6) is 0 Å². The van der Waals surface area contributed by atoms with Crippen molar-refractivity contribution in [2.75, 3.05) is 6.54 Å². The second-order valence-corrected chi connectivity index (χ2v) is 6.60. The first-order valence-electron chi connectivity index (χ1n) is 5.68. The van der Waals surface area contributed by atoms with Crippen molar-refractivity contribution < 1.29 is 4.79 Å². The summed E-state index contributed by atoms with van der Waals surface area (Å²) in [5.41, 5.74) is 5.79. The van der Waals surface area contributed by atoms with Crippen LogP contribution in [0.1, 0.15) is 22.5 Å². The first-order valence-corrected chi connectivity index (χ1v) is 7.28. The Kier molecular flexibility index (Phi) is 2.88. The topological polar surface area (TPSA) is 68.0 Å². The number of halogens is 1. The predicted octanol–water partition coefficient (Wildman–Crippen LogP) is 2.28. The number of hydrogen-bond donors (Lipinski definition) is 2. The smallest absolute Gasteiger partial charge is 0.261 e. The van der Waals surface area contributed by atoms with Gasteiger partial charge in [-0.15, -0.1) is 11.3 Å². The number of nitrogens with two attached hydrogens (primary N) is 1. The molecule has 0 aromatic carbocycles. The van der Waals surface area contributed by atoms with Crippen molar-refractivity contribution in [2.24, 2.45) is 5.73 Å². The summed E-state index contributed by atoms with van der Waals surface area (Å²) in [7, 11) is 0. The molecule has 0 spiro atoms. The fraction of sp³-hybridized carbons (Fsp3) is 0.333. The molecule has 0 saturated heterocycles. The Morgan fingerprint density at radius 2 is 2.33 bits per heavy atom. The third-order valence-corrected chi connectivity index (χ3v) is 5.14. The van der Waals surface area contributed by atoms with E-state index in [0.717, 1.165) is 27.4 Å². The van der Waals surface area contributed by atoms with Crippen LogP contribution >= 0.6 is 27.3 Å². The van der Waals surface area contributed by atoms with Crippen molar-refractivity contribution in [1.82, 2.24) is 10.3 Å². The van der Waals surface area contributed by atoms with E-state index in [9.17, 15) is 4.79 Å². The van der Waals surface area contributed by atoms with Gasteiger partial charge >= 0.3 is 0 Å². The summed E-state index contributed by atoms with van der Waals surface area (Å²) in [6, 6.07) is 1.86. The van der Waals surface area contributed by atoms with Gasteiger partial charge in [0, 0.05) is 29.9 Å². The van der Waals surface area contributed by atoms with Gasteiger partial charge in [0.2, 0.25) is 0 Å². The number of aromatic nitrogens is 1. The van der Waals surface area contributed by atoms with Crippen LogP contribution in [0.25, 0.3) is 10.1 Å². The van der Waals surface area contributed by atoms with Crippen molar-refractivity contribution in [3.8, 4) is 0 Å². The standard InChI is InChI=1S/C12H12BrN3OS/c13-8-5-15-4-7-3-9(18-10(7)8)11(17)16-6-12(14)1-2-12/h3-5H,1-2,6,14H2,(H,16,17). The number of nitrogens with one attached hydrogen (secondary N) is 1. The van der Waals surface area contributed by atoms with Crippen LogP contribution in [-0.4, -0.2) is 23.0 Å². The first-order chi connectivity index (χ1) is 8.57. The van der Waals surface area contributed by atoms with E-state index < -0.39 is 0 Å². The lowest BCUT2D eigenvalue weighted by atomic mass is 10.3. The molecule has 2 aromatic heterocycles. The molecule has 6 heteroatoms. The van der Waals surface area contributed by atoms with Gasteiger partial charge in [-0.05, 0) is 34.8 Å². The predicted molar refractivity (Wildman–Crippen MR) is 75.8 cm³/mol. The summed E-state index contributed by atoms with van der Waals surface area (Å²) >= 11 is 4.90. The second-order valence-electron chi connectivity index (χ2n) is 4.70. The van der Waals surface area contributed by atoms with E-state index in [2.05, 4.69) is 26.2 Å². The minimum absolute atomic E-state index is 0.0557. The van der Waals surface area contributed by atoms with Gasteiger partial charge in [-0.25, -0.2) is 0 Å². The Morgan fingerprint density at radius 1 is 1.56 bits per heavy atom. The molecule has 3 rings (SSSR count). The molecule has 0 aliphatic heterocycles. The monoisotopic (exact) mass is 325 g/mol. The highest BCUT2D eigenvalue weighted by molar-refractivity contribution is 9.10. The van der Waals surface area contributed by atoms with Gasteiger partial charge in [0.05, 0.1) is 14.0 Å². The maximum Gasteiger partial charge on any atom is 0.261 e. The Morgan fingerprint density at radius 3 is 3.00 bits per heavy atom. The second kappa shape index (κ2) is 4.29. The van der Waals surface area contributed by atoms with Gasteiger partial charge in [0.1, 0.15) is 0 Å². The lowest BCUT2D eigenvalue weighted by molar-refractivity contribution is 0.0954. The van der Waals surface area contributed by atoms with Gasteiger partial charge in [0.25, 0.3) is 5.91 Å². The fourth-order valence-corrected chi connectivity index (χ4v) is 3.26. The number of rotatable bonds is 3. The lowest BCUT2D eigenvalue weighted by Crippen LogP contribution is -2.38. The van der Waals surface area contributed by atoms with Crippen LogP contribution in [0.15, 0.2) is 22.9 Å². The molecule has 2 aromatic rings. The average Bonchev–Trinajstić information content (AvgIpc) is 2.92. The van der Waals surface area contributed by atoms with E-state index in [1.807, 2.05) is 6.07 Å². The summed E-state index contributed by atoms with van der Waals surface area (Å²) in [6.45, 7) is 0.555. The Balaban J connectivity index is 1.81. The number of fused-ring (bicyclic) bond motifs is 1. The van der Waals surface area contributed by atoms with Crippen LogP contribution in [0.3, 0.4) is 0 Å². The first kappa shape index (κ1) is 12.1. The molecule has 0 atom stereocenters. The summed E-state index contributed by atoms with van der Waals surface area (Å²) in [5, 5.41) is 3.87. The molecular weight excluding hydrogens is 314 g/mol. The largest absolute Gasteiger partial charge is 0.349 e. The molecule has 18 heavy (non-hydrogen) atoms. The van der Waals surface area contributed by atoms with Crippen molar-refractivity contribution in [3.63, 3.8) is 0 Å². The molecule has 0 radical (unpaired) electrons. The zero-order valence-electron chi connectivity index (χ0n) is 9.57. The molecule has 1 fully saturated rings. The van der Waals surface area contributed by atoms with Crippen LogP contribution in [0, 0.1) is 0 Å². The highest BCUT2D eigenvalue weighted by Gasteiger charge is 2.38. The highest BCUT2D eigenvalue weighted by Crippen LogP contribution is 2.32. The van der Waals surface area contributed by atoms with Crippen LogP contribution < -0.4 is 11.1 Å². The number of nitrogens with zero attached hydrogens (tertiary/aromatic N) is 1. The molecule has 1 saturated carbocycles. The van der Waals surface area contributed by atoms with Gasteiger partial charge in [-0.3, -0.25) is 9.78 Å². The quantitative estimate of drug-likeness (QED) is 0.909. The van der Waals surface area contributed by atoms with Crippen molar-refractivity contribution >= 4 is 43.3 Å². The molecule has 0 unspecified atom stereocenters. The van der Waals surface area contributed by atoms with Crippen molar-refractivity contribution in [1.29, 1.82) is 0 Å². The third kappa shape index (κ3) is 2.28. The maximum atomic E-state index is 12.0. The number of carbonyl (C=O) groups excluding carboxylic acids is 1. The van der Waals surface area contributed by atoms with Crippen LogP contribution in [-0.2, 0) is 0 Å². The van der Waals surface area contributed by atoms with Crippen molar-refractivity contribution in [3.05, 3.63) is 27.8 Å². The summed E-state index contributed by atoms with van der Waals surface area (Å²) in [5.74, 6) is -0.0557. The van der Waals surface area contributed by atoms with E-state index >= 15 is 0 Å². The van der Waals surface area contributed by atoms with Crippen LogP contribution in [0.2, 0.25) is 0 Å². The van der Waals surface area contributed by atoms with Gasteiger partial charge in [-0.2, -0.15) is 0 Å². The number of thiophene rings is 1. The van der Waals surface area contributed by atoms with E-state index in [0.29, 0.717) is 11.4 Å². The van der Waals surface area contributed by atoms with E-state index in [-0.39, 0.29) is 11.4 Å². The molecule has 0 bridgehead atoms. The molecule has 1 aliphatic carbocycles. The Labute approximate surface area is 117 Å². The Bertz CT molecular complexity index is 621. The van der Waals surface area contributed by atoms with E-state index in [1.54, 1.807) is 12.4 Å². The lowest BCUT2D eigenvalue weighted by Gasteiger charge is -2.08. The Hall–Kier alpha value is -0.980. The van der Waals surface area contributed by atoms with Crippen molar-refractivity contribution in [2.45, 2.75) is 18.4 Å². The number of hydrogen-bond acceptors (Lipinski definition) is 4. The third-order valence-electron chi connectivity index (χ3n) is 3.10. The van der Waals surface area contributed by atoms with Gasteiger partial charge in [0.15, 0.2) is 0 Å². The summed E-state index contributed by atoms with van der Waals surface area (Å²) in [4.78, 5) is 16.8. The SMILES string of the molecule is NC1(CNC(=O)c2cc3cncc(Br)c3s2)CC1. The molecule has 3 N–H and O–H groups in total.